The van der Waals surface area contributed by atoms with Crippen LogP contribution in [0, 0.1) is 4.77 Å². The molecular formula is C18H16N4O4S. The maximum Gasteiger partial charge on any atom is 0.262 e. The smallest absolute Gasteiger partial charge is 0.262 e. The molecule has 0 spiro atoms. The van der Waals surface area contributed by atoms with E-state index < -0.39 is 0 Å². The van der Waals surface area contributed by atoms with Gasteiger partial charge in [0.15, 0.2) is 16.3 Å². The molecule has 0 fully saturated rings. The van der Waals surface area contributed by atoms with Gasteiger partial charge in [0.2, 0.25) is 12.7 Å². The highest BCUT2D eigenvalue weighted by atomic mass is 32.1. The number of H-pyrrole nitrogens is 1. The number of nitrogens with one attached hydrogen (secondary N) is 2. The summed E-state index contributed by atoms with van der Waals surface area (Å²) in [5.41, 5.74) is 1.21. The average molecular weight is 384 g/mol. The molecule has 0 bridgehead atoms. The second-order valence-corrected chi connectivity index (χ2v) is 6.41. The molecule has 1 amide bonds. The highest BCUT2D eigenvalue weighted by Gasteiger charge is 2.17. The Bertz CT molecular complexity index is 1120. The van der Waals surface area contributed by atoms with Gasteiger partial charge in [-0.1, -0.05) is 6.07 Å². The molecule has 2 N–H and O–H groups in total. The van der Waals surface area contributed by atoms with Gasteiger partial charge in [-0.2, -0.15) is 0 Å². The van der Waals surface area contributed by atoms with Crippen LogP contribution < -0.4 is 20.3 Å². The Labute approximate surface area is 158 Å². The van der Waals surface area contributed by atoms with Crippen molar-refractivity contribution >= 4 is 29.0 Å². The molecule has 0 unspecified atom stereocenters. The van der Waals surface area contributed by atoms with Crippen molar-refractivity contribution in [3.05, 3.63) is 57.3 Å². The maximum absolute atomic E-state index is 12.8. The number of carbonyl (C=O) groups is 1. The van der Waals surface area contributed by atoms with E-state index >= 15 is 0 Å². The third-order valence-corrected chi connectivity index (χ3v) is 4.57. The Hall–Kier alpha value is -3.20. The van der Waals surface area contributed by atoms with Crippen molar-refractivity contribution in [3.8, 4) is 11.5 Å². The number of hydrogen-bond donors (Lipinski definition) is 2. The summed E-state index contributed by atoms with van der Waals surface area (Å²) >= 11 is 5.28. The Morgan fingerprint density at radius 2 is 2.15 bits per heavy atom. The number of rotatable bonds is 5. The van der Waals surface area contributed by atoms with E-state index in [4.69, 9.17) is 21.7 Å². The van der Waals surface area contributed by atoms with Crippen LogP contribution in [0.4, 0.5) is 0 Å². The van der Waals surface area contributed by atoms with Crippen LogP contribution in [0.2, 0.25) is 0 Å². The minimum Gasteiger partial charge on any atom is -0.454 e. The first-order chi connectivity index (χ1) is 13.1. The molecule has 1 aliphatic heterocycles. The molecular weight excluding hydrogens is 368 g/mol. The van der Waals surface area contributed by atoms with Crippen LogP contribution in [0.3, 0.4) is 0 Å². The van der Waals surface area contributed by atoms with Gasteiger partial charge in [-0.15, -0.1) is 0 Å². The molecule has 4 rings (SSSR count). The molecule has 1 aromatic carbocycles. The third-order valence-electron chi connectivity index (χ3n) is 4.25. The molecule has 0 aliphatic carbocycles. The van der Waals surface area contributed by atoms with Gasteiger partial charge in [-0.3, -0.25) is 19.1 Å². The SMILES string of the molecule is O=C(CCn1c(=S)[nH]c2cc3c(cc2c1=O)OCO3)NCc1cccnc1. The Kier molecular flexibility index (Phi) is 4.59. The lowest BCUT2D eigenvalue weighted by Gasteiger charge is -2.09. The fourth-order valence-electron chi connectivity index (χ4n) is 2.85. The van der Waals surface area contributed by atoms with E-state index in [0.29, 0.717) is 28.9 Å². The third kappa shape index (κ3) is 3.54. The quantitative estimate of drug-likeness (QED) is 0.652. The van der Waals surface area contributed by atoms with Crippen LogP contribution in [0.1, 0.15) is 12.0 Å². The van der Waals surface area contributed by atoms with Crippen molar-refractivity contribution in [3.63, 3.8) is 0 Å². The van der Waals surface area contributed by atoms with Gasteiger partial charge in [-0.05, 0) is 29.9 Å². The number of pyridine rings is 1. The Balaban J connectivity index is 1.50. The highest BCUT2D eigenvalue weighted by molar-refractivity contribution is 7.71. The van der Waals surface area contributed by atoms with Crippen molar-refractivity contribution in [1.82, 2.24) is 19.9 Å². The van der Waals surface area contributed by atoms with Crippen molar-refractivity contribution in [2.75, 3.05) is 6.79 Å². The standard InChI is InChI=1S/C18H16N4O4S/c23-16(20-9-11-2-1-4-19-8-11)3-5-22-17(24)12-6-14-15(26-10-25-14)7-13(12)21-18(22)27/h1-2,4,6-8H,3,5,9-10H2,(H,20,23)(H,21,27). The number of nitrogens with zero attached hydrogens (tertiary/aromatic N) is 2. The lowest BCUT2D eigenvalue weighted by atomic mass is 10.2. The van der Waals surface area contributed by atoms with Gasteiger partial charge in [-0.25, -0.2) is 0 Å². The van der Waals surface area contributed by atoms with Crippen LogP contribution in [-0.4, -0.2) is 27.2 Å². The lowest BCUT2D eigenvalue weighted by molar-refractivity contribution is -0.121. The molecule has 3 heterocycles. The minimum atomic E-state index is -0.271. The Morgan fingerprint density at radius 3 is 2.93 bits per heavy atom. The minimum absolute atomic E-state index is 0.123. The van der Waals surface area contributed by atoms with E-state index in [1.165, 1.54) is 4.57 Å². The van der Waals surface area contributed by atoms with Crippen LogP contribution in [0.15, 0.2) is 41.5 Å². The molecule has 8 nitrogen and oxygen atoms in total. The number of hydrogen-bond acceptors (Lipinski definition) is 6. The second-order valence-electron chi connectivity index (χ2n) is 6.03. The number of amides is 1. The van der Waals surface area contributed by atoms with Crippen molar-refractivity contribution in [2.24, 2.45) is 0 Å². The molecule has 2 aromatic heterocycles. The van der Waals surface area contributed by atoms with Crippen LogP contribution in [-0.2, 0) is 17.9 Å². The predicted octanol–water partition coefficient (Wildman–Crippen LogP) is 1.89. The van der Waals surface area contributed by atoms with Crippen LogP contribution in [0.25, 0.3) is 10.9 Å². The normalized spacial score (nSPS) is 12.3. The number of aromatic nitrogens is 3. The summed E-state index contributed by atoms with van der Waals surface area (Å²) in [7, 11) is 0. The van der Waals surface area contributed by atoms with Crippen LogP contribution in [0.5, 0.6) is 11.5 Å². The van der Waals surface area contributed by atoms with E-state index in [2.05, 4.69) is 15.3 Å². The molecule has 9 heteroatoms. The fourth-order valence-corrected chi connectivity index (χ4v) is 3.13. The summed E-state index contributed by atoms with van der Waals surface area (Å²) in [5.74, 6) is 0.914. The van der Waals surface area contributed by atoms with E-state index in [1.807, 2.05) is 6.07 Å². The second kappa shape index (κ2) is 7.20. The average Bonchev–Trinajstić information content (AvgIpc) is 3.13. The number of ether oxygens (including phenoxy) is 2. The molecule has 0 radical (unpaired) electrons. The zero-order chi connectivity index (χ0) is 18.8. The molecule has 138 valence electrons. The lowest BCUT2D eigenvalue weighted by Crippen LogP contribution is -2.28. The first-order valence-corrected chi connectivity index (χ1v) is 8.75. The largest absolute Gasteiger partial charge is 0.454 e. The summed E-state index contributed by atoms with van der Waals surface area (Å²) < 4.78 is 12.3. The molecule has 0 saturated heterocycles. The van der Waals surface area contributed by atoms with E-state index in [1.54, 1.807) is 30.6 Å². The Morgan fingerprint density at radius 1 is 1.33 bits per heavy atom. The fraction of sp³-hybridized carbons (Fsp3) is 0.222. The monoisotopic (exact) mass is 384 g/mol. The summed E-state index contributed by atoms with van der Waals surface area (Å²) in [6.07, 6.45) is 3.49. The maximum atomic E-state index is 12.8. The molecule has 0 saturated carbocycles. The zero-order valence-electron chi connectivity index (χ0n) is 14.2. The van der Waals surface area contributed by atoms with E-state index in [9.17, 15) is 9.59 Å². The predicted molar refractivity (Wildman–Crippen MR) is 100 cm³/mol. The summed E-state index contributed by atoms with van der Waals surface area (Å²) in [6, 6.07) is 7.01. The summed E-state index contributed by atoms with van der Waals surface area (Å²) in [5, 5.41) is 3.24. The van der Waals surface area contributed by atoms with E-state index in [0.717, 1.165) is 5.56 Å². The first-order valence-electron chi connectivity index (χ1n) is 8.34. The van der Waals surface area contributed by atoms with Gasteiger partial charge in [0, 0.05) is 38.0 Å². The zero-order valence-corrected chi connectivity index (χ0v) is 15.0. The van der Waals surface area contributed by atoms with Gasteiger partial charge in [0.25, 0.3) is 5.56 Å². The molecule has 27 heavy (non-hydrogen) atoms. The molecule has 1 aliphatic rings. The topological polar surface area (TPSA) is 98.2 Å². The van der Waals surface area contributed by atoms with E-state index in [-0.39, 0.29) is 36.0 Å². The number of benzene rings is 1. The number of fused-ring (bicyclic) bond motifs is 2. The van der Waals surface area contributed by atoms with Gasteiger partial charge in [0.1, 0.15) is 0 Å². The highest BCUT2D eigenvalue weighted by Crippen LogP contribution is 2.34. The van der Waals surface area contributed by atoms with Crippen molar-refractivity contribution in [2.45, 2.75) is 19.5 Å². The van der Waals surface area contributed by atoms with Crippen molar-refractivity contribution in [1.29, 1.82) is 0 Å². The van der Waals surface area contributed by atoms with Crippen LogP contribution >= 0.6 is 12.2 Å². The number of aromatic amines is 1. The molecule has 0 atom stereocenters. The van der Waals surface area contributed by atoms with Gasteiger partial charge >= 0.3 is 0 Å². The van der Waals surface area contributed by atoms with Gasteiger partial charge in [0.05, 0.1) is 10.9 Å². The number of carbonyl (C=O) groups excluding carboxylic acids is 1. The summed E-state index contributed by atoms with van der Waals surface area (Å²) in [4.78, 5) is 31.9. The summed E-state index contributed by atoms with van der Waals surface area (Å²) in [6.45, 7) is 0.685. The van der Waals surface area contributed by atoms with Crippen molar-refractivity contribution < 1.29 is 14.3 Å². The van der Waals surface area contributed by atoms with Gasteiger partial charge < -0.3 is 19.8 Å². The molecule has 3 aromatic rings. The first kappa shape index (κ1) is 17.2.